The molecule has 0 bridgehead atoms. The summed E-state index contributed by atoms with van der Waals surface area (Å²) < 4.78 is 5.43. The molecule has 2 aromatic rings. The highest BCUT2D eigenvalue weighted by molar-refractivity contribution is 5.53. The van der Waals surface area contributed by atoms with Crippen LogP contribution in [0.2, 0.25) is 0 Å². The van der Waals surface area contributed by atoms with Gasteiger partial charge < -0.3 is 9.42 Å². The number of hydrogen-bond donors (Lipinski definition) is 0. The van der Waals surface area contributed by atoms with Crippen molar-refractivity contribution in [2.45, 2.75) is 51.6 Å². The van der Waals surface area contributed by atoms with Gasteiger partial charge in [0.2, 0.25) is 11.7 Å². The lowest BCUT2D eigenvalue weighted by Crippen LogP contribution is -2.49. The fraction of sp³-hybridized carbons (Fsp3) is 0.652. The van der Waals surface area contributed by atoms with Gasteiger partial charge in [-0.15, -0.1) is 0 Å². The lowest BCUT2D eigenvalue weighted by atomic mass is 10.2. The summed E-state index contributed by atoms with van der Waals surface area (Å²) in [5, 5.41) is 4.12. The van der Waals surface area contributed by atoms with E-state index in [4.69, 9.17) is 4.52 Å². The first kappa shape index (κ1) is 20.5. The van der Waals surface area contributed by atoms with E-state index in [9.17, 15) is 0 Å². The molecule has 0 amide bonds. The van der Waals surface area contributed by atoms with Crippen LogP contribution in [0.1, 0.15) is 39.0 Å². The van der Waals surface area contributed by atoms with Gasteiger partial charge in [-0.1, -0.05) is 35.5 Å². The Morgan fingerprint density at radius 2 is 1.55 bits per heavy atom. The summed E-state index contributed by atoms with van der Waals surface area (Å²) >= 11 is 0. The monoisotopic (exact) mass is 397 g/mol. The molecular weight excluding hydrogens is 362 g/mol. The highest BCUT2D eigenvalue weighted by Crippen LogP contribution is 2.23. The predicted octanol–water partition coefficient (Wildman–Crippen LogP) is 3.16. The topological polar surface area (TPSA) is 48.6 Å². The van der Waals surface area contributed by atoms with Crippen LogP contribution in [0.15, 0.2) is 34.9 Å². The van der Waals surface area contributed by atoms with E-state index in [1.807, 2.05) is 30.3 Å². The fourth-order valence-corrected chi connectivity index (χ4v) is 4.70. The molecule has 2 atom stereocenters. The summed E-state index contributed by atoms with van der Waals surface area (Å²) in [6.07, 6.45) is 4.65. The van der Waals surface area contributed by atoms with E-state index < -0.39 is 0 Å². The third-order valence-electron chi connectivity index (χ3n) is 6.64. The molecule has 0 N–H and O–H groups in total. The zero-order chi connectivity index (χ0) is 20.1. The van der Waals surface area contributed by atoms with Crippen LogP contribution in [-0.2, 0) is 6.42 Å². The standard InChI is InChI=1S/C23H35N5O/c1-19-10-11-20(2)28(19)18-17-27-15-13-26(14-16-27)12-6-9-22-24-23(25-29-22)21-7-4-3-5-8-21/h3-5,7-8,19-20H,6,9-18H2,1-2H3. The summed E-state index contributed by atoms with van der Waals surface area (Å²) in [7, 11) is 0. The number of rotatable bonds is 8. The molecule has 3 heterocycles. The van der Waals surface area contributed by atoms with Gasteiger partial charge in [-0.3, -0.25) is 9.80 Å². The number of nitrogens with zero attached hydrogens (tertiary/aromatic N) is 5. The maximum Gasteiger partial charge on any atom is 0.227 e. The average Bonchev–Trinajstić information content (AvgIpc) is 3.35. The van der Waals surface area contributed by atoms with Crippen LogP contribution in [0.5, 0.6) is 0 Å². The Kier molecular flexibility index (Phi) is 6.95. The number of aromatic nitrogens is 2. The fourth-order valence-electron chi connectivity index (χ4n) is 4.70. The van der Waals surface area contributed by atoms with Crippen molar-refractivity contribution in [1.82, 2.24) is 24.8 Å². The first-order chi connectivity index (χ1) is 14.2. The number of piperazine rings is 1. The Morgan fingerprint density at radius 3 is 2.24 bits per heavy atom. The maximum absolute atomic E-state index is 5.43. The van der Waals surface area contributed by atoms with Crippen LogP contribution in [0.3, 0.4) is 0 Å². The van der Waals surface area contributed by atoms with Crippen LogP contribution < -0.4 is 0 Å². The largest absolute Gasteiger partial charge is 0.339 e. The van der Waals surface area contributed by atoms with Crippen LogP contribution in [0, 0.1) is 0 Å². The van der Waals surface area contributed by atoms with E-state index in [1.54, 1.807) is 0 Å². The Morgan fingerprint density at radius 1 is 0.897 bits per heavy atom. The lowest BCUT2D eigenvalue weighted by Gasteiger charge is -2.36. The van der Waals surface area contributed by atoms with Crippen LogP contribution in [0.25, 0.3) is 11.4 Å². The minimum atomic E-state index is 0.691. The molecule has 1 aromatic heterocycles. The second kappa shape index (κ2) is 9.83. The van der Waals surface area contributed by atoms with Crippen molar-refractivity contribution in [2.24, 2.45) is 0 Å². The highest BCUT2D eigenvalue weighted by Gasteiger charge is 2.27. The van der Waals surface area contributed by atoms with Crippen LogP contribution in [-0.4, -0.2) is 82.7 Å². The third-order valence-corrected chi connectivity index (χ3v) is 6.64. The van der Waals surface area contributed by atoms with Crippen molar-refractivity contribution in [3.8, 4) is 11.4 Å². The van der Waals surface area contributed by atoms with Gasteiger partial charge in [0.1, 0.15) is 0 Å². The van der Waals surface area contributed by atoms with Crippen molar-refractivity contribution in [1.29, 1.82) is 0 Å². The zero-order valence-corrected chi connectivity index (χ0v) is 18.0. The Bertz CT molecular complexity index is 731. The molecule has 0 spiro atoms. The van der Waals surface area contributed by atoms with Gasteiger partial charge in [0, 0.05) is 63.3 Å². The van der Waals surface area contributed by atoms with E-state index in [1.165, 1.54) is 52.1 Å². The molecule has 6 nitrogen and oxygen atoms in total. The number of benzene rings is 1. The second-order valence-corrected chi connectivity index (χ2v) is 8.68. The van der Waals surface area contributed by atoms with Gasteiger partial charge in [-0.25, -0.2) is 0 Å². The maximum atomic E-state index is 5.43. The number of hydrogen-bond acceptors (Lipinski definition) is 6. The predicted molar refractivity (Wildman–Crippen MR) is 116 cm³/mol. The lowest BCUT2D eigenvalue weighted by molar-refractivity contribution is 0.108. The summed E-state index contributed by atoms with van der Waals surface area (Å²) in [6, 6.07) is 11.5. The van der Waals surface area contributed by atoms with E-state index in [0.717, 1.165) is 42.9 Å². The molecule has 2 fully saturated rings. The molecule has 2 aliphatic rings. The minimum Gasteiger partial charge on any atom is -0.339 e. The number of likely N-dealkylation sites (tertiary alicyclic amines) is 1. The molecular formula is C23H35N5O. The molecule has 29 heavy (non-hydrogen) atoms. The van der Waals surface area contributed by atoms with E-state index in [2.05, 4.69) is 38.7 Å². The van der Waals surface area contributed by atoms with Crippen molar-refractivity contribution >= 4 is 0 Å². The summed E-state index contributed by atoms with van der Waals surface area (Å²) in [5.74, 6) is 1.44. The summed E-state index contributed by atoms with van der Waals surface area (Å²) in [6.45, 7) is 13.0. The molecule has 0 saturated carbocycles. The van der Waals surface area contributed by atoms with Crippen molar-refractivity contribution in [2.75, 3.05) is 45.8 Å². The smallest absolute Gasteiger partial charge is 0.227 e. The van der Waals surface area contributed by atoms with Crippen LogP contribution >= 0.6 is 0 Å². The van der Waals surface area contributed by atoms with E-state index in [0.29, 0.717) is 5.82 Å². The Hall–Kier alpha value is -1.76. The van der Waals surface area contributed by atoms with Gasteiger partial charge in [0.15, 0.2) is 0 Å². The number of aryl methyl sites for hydroxylation is 1. The summed E-state index contributed by atoms with van der Waals surface area (Å²) in [4.78, 5) is 12.4. The van der Waals surface area contributed by atoms with Crippen molar-refractivity contribution in [3.63, 3.8) is 0 Å². The van der Waals surface area contributed by atoms with Gasteiger partial charge in [0.05, 0.1) is 0 Å². The molecule has 0 radical (unpaired) electrons. The Labute approximate surface area is 174 Å². The van der Waals surface area contributed by atoms with Crippen LogP contribution in [0.4, 0.5) is 0 Å². The van der Waals surface area contributed by atoms with Gasteiger partial charge in [0.25, 0.3) is 0 Å². The molecule has 2 saturated heterocycles. The van der Waals surface area contributed by atoms with Gasteiger partial charge in [-0.2, -0.15) is 4.98 Å². The third kappa shape index (κ3) is 5.44. The summed E-state index contributed by atoms with van der Waals surface area (Å²) in [5.41, 5.74) is 1.01. The quantitative estimate of drug-likeness (QED) is 0.682. The molecule has 0 aliphatic carbocycles. The molecule has 4 rings (SSSR count). The second-order valence-electron chi connectivity index (χ2n) is 8.68. The van der Waals surface area contributed by atoms with Gasteiger partial charge in [-0.05, 0) is 39.7 Å². The average molecular weight is 398 g/mol. The molecule has 2 unspecified atom stereocenters. The molecule has 2 aliphatic heterocycles. The first-order valence-corrected chi connectivity index (χ1v) is 11.3. The highest BCUT2D eigenvalue weighted by atomic mass is 16.5. The van der Waals surface area contributed by atoms with E-state index in [-0.39, 0.29) is 0 Å². The minimum absolute atomic E-state index is 0.691. The Balaban J connectivity index is 1.13. The van der Waals surface area contributed by atoms with E-state index >= 15 is 0 Å². The molecule has 158 valence electrons. The van der Waals surface area contributed by atoms with Gasteiger partial charge >= 0.3 is 0 Å². The first-order valence-electron chi connectivity index (χ1n) is 11.3. The zero-order valence-electron chi connectivity index (χ0n) is 18.0. The molecule has 6 heteroatoms. The van der Waals surface area contributed by atoms with Crippen molar-refractivity contribution in [3.05, 3.63) is 36.2 Å². The SMILES string of the molecule is CC1CCC(C)N1CCN1CCN(CCCc2nc(-c3ccccc3)no2)CC1. The molecule has 1 aromatic carbocycles. The normalized spacial score (nSPS) is 24.3. The van der Waals surface area contributed by atoms with Crippen molar-refractivity contribution < 1.29 is 4.52 Å².